The van der Waals surface area contributed by atoms with E-state index >= 15 is 0 Å². The molecule has 2 aliphatic carbocycles. The van der Waals surface area contributed by atoms with E-state index in [1.165, 1.54) is 5.57 Å². The van der Waals surface area contributed by atoms with Gasteiger partial charge in [-0.3, -0.25) is 4.79 Å². The molecule has 0 aromatic carbocycles. The highest BCUT2D eigenvalue weighted by Gasteiger charge is 2.49. The first-order chi connectivity index (χ1) is 11.9. The number of Topliss-reactive ketones (excluding diaryl/α,β-unsaturated/α-hetero) is 1. The average molecular weight is 346 g/mol. The highest BCUT2D eigenvalue weighted by molar-refractivity contribution is 6.00. The van der Waals surface area contributed by atoms with Gasteiger partial charge in [0.25, 0.3) is 0 Å². The van der Waals surface area contributed by atoms with Crippen molar-refractivity contribution in [3.8, 4) is 0 Å². The standard InChI is InChI=1S/C21H30O4/c1-13(12-22)5-4-6-14(2)15-9-10-21(3)17(15)11-16-19(25-21)8-7-18(23)20(16)24/h5,9,14,17-18,22-23H,4,6-8,10-12H2,1-3H3/b13-5+/t14-,17+,18+,21-/m0/s1. The van der Waals surface area contributed by atoms with Gasteiger partial charge in [0, 0.05) is 24.3 Å². The highest BCUT2D eigenvalue weighted by atomic mass is 16.5. The van der Waals surface area contributed by atoms with E-state index in [-0.39, 0.29) is 23.9 Å². The molecule has 0 saturated carbocycles. The third-order valence-corrected chi connectivity index (χ3v) is 6.14. The van der Waals surface area contributed by atoms with Gasteiger partial charge in [0.05, 0.1) is 6.61 Å². The number of aliphatic hydroxyl groups excluding tert-OH is 2. The van der Waals surface area contributed by atoms with Crippen LogP contribution in [0, 0.1) is 11.8 Å². The zero-order valence-corrected chi connectivity index (χ0v) is 15.5. The van der Waals surface area contributed by atoms with E-state index in [1.807, 2.05) is 6.92 Å². The molecule has 1 heterocycles. The molecule has 0 radical (unpaired) electrons. The molecule has 1 aliphatic heterocycles. The number of hydrogen-bond donors (Lipinski definition) is 2. The molecule has 3 rings (SSSR count). The van der Waals surface area contributed by atoms with E-state index in [0.717, 1.165) is 36.2 Å². The van der Waals surface area contributed by atoms with Gasteiger partial charge in [0.15, 0.2) is 5.78 Å². The maximum atomic E-state index is 12.4. The molecule has 138 valence electrons. The number of hydrogen-bond acceptors (Lipinski definition) is 4. The van der Waals surface area contributed by atoms with E-state index < -0.39 is 6.10 Å². The molecule has 3 aliphatic rings. The third kappa shape index (κ3) is 3.47. The van der Waals surface area contributed by atoms with Gasteiger partial charge in [-0.15, -0.1) is 0 Å². The number of carbonyl (C=O) groups excluding carboxylic acids is 1. The zero-order chi connectivity index (χ0) is 18.2. The molecule has 4 heteroatoms. The number of ether oxygens (including phenoxy) is 1. The Hall–Kier alpha value is -1.39. The maximum Gasteiger partial charge on any atom is 0.190 e. The van der Waals surface area contributed by atoms with Crippen LogP contribution in [0.1, 0.15) is 59.3 Å². The van der Waals surface area contributed by atoms with Crippen LogP contribution in [0.3, 0.4) is 0 Å². The minimum absolute atomic E-state index is 0.118. The number of aliphatic hydroxyl groups is 2. The summed E-state index contributed by atoms with van der Waals surface area (Å²) in [5.74, 6) is 1.32. The Balaban J connectivity index is 1.73. The van der Waals surface area contributed by atoms with Crippen molar-refractivity contribution < 1.29 is 19.7 Å². The second kappa shape index (κ2) is 7.08. The quantitative estimate of drug-likeness (QED) is 0.748. The van der Waals surface area contributed by atoms with Crippen molar-refractivity contribution in [2.45, 2.75) is 71.0 Å². The Morgan fingerprint density at radius 2 is 2.28 bits per heavy atom. The van der Waals surface area contributed by atoms with Gasteiger partial charge in [0.2, 0.25) is 0 Å². The van der Waals surface area contributed by atoms with Crippen LogP contribution >= 0.6 is 0 Å². The highest BCUT2D eigenvalue weighted by Crippen LogP contribution is 2.51. The summed E-state index contributed by atoms with van der Waals surface area (Å²) in [6.07, 6.45) is 8.25. The first kappa shape index (κ1) is 18.4. The van der Waals surface area contributed by atoms with Crippen LogP contribution in [0.15, 0.2) is 34.6 Å². The van der Waals surface area contributed by atoms with Gasteiger partial charge >= 0.3 is 0 Å². The summed E-state index contributed by atoms with van der Waals surface area (Å²) >= 11 is 0. The predicted molar refractivity (Wildman–Crippen MR) is 96.8 cm³/mol. The summed E-state index contributed by atoms with van der Waals surface area (Å²) in [5, 5.41) is 19.0. The molecule has 2 N–H and O–H groups in total. The first-order valence-corrected chi connectivity index (χ1v) is 9.45. The van der Waals surface area contributed by atoms with Crippen molar-refractivity contribution in [1.82, 2.24) is 0 Å². The van der Waals surface area contributed by atoms with Crippen LogP contribution in [-0.2, 0) is 9.53 Å². The van der Waals surface area contributed by atoms with Gasteiger partial charge in [-0.25, -0.2) is 0 Å². The topological polar surface area (TPSA) is 66.8 Å². The Morgan fingerprint density at radius 3 is 3.00 bits per heavy atom. The Bertz CT molecular complexity index is 642. The second-order valence-corrected chi connectivity index (χ2v) is 8.09. The van der Waals surface area contributed by atoms with E-state index in [2.05, 4.69) is 26.0 Å². The molecule has 0 spiro atoms. The molecule has 0 aromatic heterocycles. The predicted octanol–water partition coefficient (Wildman–Crippen LogP) is 3.44. The van der Waals surface area contributed by atoms with Gasteiger partial charge in [-0.2, -0.15) is 0 Å². The fourth-order valence-electron chi connectivity index (χ4n) is 4.46. The van der Waals surface area contributed by atoms with Crippen molar-refractivity contribution in [1.29, 1.82) is 0 Å². The Labute approximate surface area is 150 Å². The molecule has 0 unspecified atom stereocenters. The normalized spacial score (nSPS) is 33.6. The van der Waals surface area contributed by atoms with Crippen molar-refractivity contribution in [2.75, 3.05) is 6.61 Å². The van der Waals surface area contributed by atoms with Crippen LogP contribution in [0.4, 0.5) is 0 Å². The van der Waals surface area contributed by atoms with Crippen molar-refractivity contribution >= 4 is 5.78 Å². The molecule has 0 amide bonds. The summed E-state index contributed by atoms with van der Waals surface area (Å²) in [4.78, 5) is 12.4. The molecule has 0 fully saturated rings. The lowest BCUT2D eigenvalue weighted by Gasteiger charge is -2.43. The number of carbonyl (C=O) groups is 1. The van der Waals surface area contributed by atoms with E-state index in [9.17, 15) is 9.90 Å². The first-order valence-electron chi connectivity index (χ1n) is 9.45. The van der Waals surface area contributed by atoms with Gasteiger partial charge in [-0.05, 0) is 45.4 Å². The molecular weight excluding hydrogens is 316 g/mol. The van der Waals surface area contributed by atoms with Crippen LogP contribution in [0.2, 0.25) is 0 Å². The summed E-state index contributed by atoms with van der Waals surface area (Å²) in [6, 6.07) is 0. The average Bonchev–Trinajstić information content (AvgIpc) is 2.93. The van der Waals surface area contributed by atoms with Gasteiger partial charge < -0.3 is 14.9 Å². The van der Waals surface area contributed by atoms with E-state index in [0.29, 0.717) is 25.2 Å². The second-order valence-electron chi connectivity index (χ2n) is 8.09. The lowest BCUT2D eigenvalue weighted by atomic mass is 9.74. The lowest BCUT2D eigenvalue weighted by Crippen LogP contribution is -2.43. The SMILES string of the molecule is C/C(=C\CC[C@H](C)C1=CC[C@]2(C)OC3=C(C[C@H]12)C(=O)[C@H](O)CC3)CO. The molecule has 0 saturated heterocycles. The molecule has 4 atom stereocenters. The van der Waals surface area contributed by atoms with Crippen molar-refractivity contribution in [2.24, 2.45) is 11.8 Å². The summed E-state index contributed by atoms with van der Waals surface area (Å²) in [7, 11) is 0. The summed E-state index contributed by atoms with van der Waals surface area (Å²) < 4.78 is 6.31. The fourth-order valence-corrected chi connectivity index (χ4v) is 4.46. The minimum Gasteiger partial charge on any atom is -0.491 e. The number of ketones is 1. The van der Waals surface area contributed by atoms with E-state index in [4.69, 9.17) is 9.84 Å². The molecule has 0 aromatic rings. The number of fused-ring (bicyclic) bond motifs is 1. The smallest absolute Gasteiger partial charge is 0.190 e. The van der Waals surface area contributed by atoms with Crippen LogP contribution < -0.4 is 0 Å². The van der Waals surface area contributed by atoms with Crippen LogP contribution in [-0.4, -0.2) is 34.3 Å². The van der Waals surface area contributed by atoms with Gasteiger partial charge in [-0.1, -0.05) is 30.2 Å². The van der Waals surface area contributed by atoms with Gasteiger partial charge in [0.1, 0.15) is 17.5 Å². The van der Waals surface area contributed by atoms with Crippen LogP contribution in [0.5, 0.6) is 0 Å². The summed E-state index contributed by atoms with van der Waals surface area (Å²) in [5.41, 5.74) is 2.87. The number of allylic oxidation sites excluding steroid dienone is 2. The fraction of sp³-hybridized carbons (Fsp3) is 0.667. The zero-order valence-electron chi connectivity index (χ0n) is 15.5. The monoisotopic (exact) mass is 346 g/mol. The maximum absolute atomic E-state index is 12.4. The molecular formula is C21H30O4. The number of rotatable bonds is 5. The molecule has 25 heavy (non-hydrogen) atoms. The molecule has 4 nitrogen and oxygen atoms in total. The largest absolute Gasteiger partial charge is 0.491 e. The minimum atomic E-state index is -0.857. The Morgan fingerprint density at radius 1 is 1.52 bits per heavy atom. The van der Waals surface area contributed by atoms with E-state index in [1.54, 1.807) is 0 Å². The molecule has 0 bridgehead atoms. The van der Waals surface area contributed by atoms with Crippen LogP contribution in [0.25, 0.3) is 0 Å². The third-order valence-electron chi connectivity index (χ3n) is 6.14. The lowest BCUT2D eigenvalue weighted by molar-refractivity contribution is -0.127. The van der Waals surface area contributed by atoms with Crippen molar-refractivity contribution in [3.63, 3.8) is 0 Å². The Kier molecular flexibility index (Phi) is 5.21. The summed E-state index contributed by atoms with van der Waals surface area (Å²) in [6.45, 7) is 6.46. The van der Waals surface area contributed by atoms with Crippen molar-refractivity contribution in [3.05, 3.63) is 34.6 Å².